The zero-order chi connectivity index (χ0) is 9.97. The lowest BCUT2D eigenvalue weighted by Crippen LogP contribution is -2.23. The molecule has 0 aliphatic carbocycles. The lowest BCUT2D eigenvalue weighted by atomic mass is 10.00. The minimum atomic E-state index is 0.349. The minimum Gasteiger partial charge on any atom is -0.508 e. The molecule has 1 N–H and O–H groups in total. The first-order valence-corrected chi connectivity index (χ1v) is 4.93. The third-order valence-electron chi connectivity index (χ3n) is 2.63. The van der Waals surface area contributed by atoms with Gasteiger partial charge in [0.05, 0.1) is 0 Å². The molecule has 0 amide bonds. The number of likely N-dealkylation sites (N-methyl/N-ethyl adjacent to an activating group) is 1. The fraction of sp³-hybridized carbons (Fsp3) is 0.333. The van der Waals surface area contributed by atoms with Crippen molar-refractivity contribution in [2.75, 3.05) is 20.1 Å². The fourth-order valence-electron chi connectivity index (χ4n) is 1.74. The van der Waals surface area contributed by atoms with Crippen LogP contribution >= 0.6 is 0 Å². The molecule has 1 aliphatic heterocycles. The molecule has 0 unspecified atom stereocenters. The van der Waals surface area contributed by atoms with Crippen molar-refractivity contribution in [1.29, 1.82) is 0 Å². The van der Waals surface area contributed by atoms with Crippen LogP contribution < -0.4 is 0 Å². The van der Waals surface area contributed by atoms with Crippen molar-refractivity contribution in [1.82, 2.24) is 4.90 Å². The Kier molecular flexibility index (Phi) is 2.55. The van der Waals surface area contributed by atoms with Crippen molar-refractivity contribution in [2.45, 2.75) is 6.42 Å². The third kappa shape index (κ3) is 1.96. The van der Waals surface area contributed by atoms with Gasteiger partial charge in [-0.25, -0.2) is 0 Å². The van der Waals surface area contributed by atoms with Gasteiger partial charge in [-0.15, -0.1) is 0 Å². The summed E-state index contributed by atoms with van der Waals surface area (Å²) in [5.41, 5.74) is 2.50. The predicted octanol–water partition coefficient (Wildman–Crippen LogP) is 2.11. The average molecular weight is 189 g/mol. The normalized spacial score (nSPS) is 17.9. The summed E-state index contributed by atoms with van der Waals surface area (Å²) in [6, 6.07) is 7.48. The van der Waals surface area contributed by atoms with Crippen molar-refractivity contribution in [3.05, 3.63) is 35.9 Å². The summed E-state index contributed by atoms with van der Waals surface area (Å²) in [5, 5.41) is 9.36. The summed E-state index contributed by atoms with van der Waals surface area (Å²) in [4.78, 5) is 2.28. The molecule has 2 nitrogen and oxygen atoms in total. The van der Waals surface area contributed by atoms with E-state index in [-0.39, 0.29) is 0 Å². The van der Waals surface area contributed by atoms with Crippen LogP contribution in [0.15, 0.2) is 30.3 Å². The number of hydrogen-bond acceptors (Lipinski definition) is 2. The van der Waals surface area contributed by atoms with Crippen molar-refractivity contribution in [2.24, 2.45) is 0 Å². The van der Waals surface area contributed by atoms with Crippen LogP contribution in [0, 0.1) is 0 Å². The SMILES string of the molecule is CN1CC=C(c2cccc(O)c2)CC1. The molecule has 1 aromatic rings. The molecule has 0 spiro atoms. The zero-order valence-corrected chi connectivity index (χ0v) is 8.40. The van der Waals surface area contributed by atoms with Crippen molar-refractivity contribution in [3.8, 4) is 5.75 Å². The number of aromatic hydroxyl groups is 1. The van der Waals surface area contributed by atoms with Crippen molar-refractivity contribution in [3.63, 3.8) is 0 Å². The zero-order valence-electron chi connectivity index (χ0n) is 8.40. The molecule has 0 atom stereocenters. The van der Waals surface area contributed by atoms with Gasteiger partial charge < -0.3 is 10.0 Å². The highest BCUT2D eigenvalue weighted by Gasteiger charge is 2.09. The number of phenols is 1. The Morgan fingerprint density at radius 3 is 2.86 bits per heavy atom. The Balaban J connectivity index is 2.23. The summed E-state index contributed by atoms with van der Waals surface area (Å²) in [7, 11) is 2.12. The molecule has 0 fully saturated rings. The van der Waals surface area contributed by atoms with Gasteiger partial charge in [-0.3, -0.25) is 0 Å². The van der Waals surface area contributed by atoms with Crippen LogP contribution in [0.25, 0.3) is 5.57 Å². The van der Waals surface area contributed by atoms with E-state index in [1.165, 1.54) is 5.57 Å². The highest BCUT2D eigenvalue weighted by atomic mass is 16.3. The van der Waals surface area contributed by atoms with Gasteiger partial charge in [0, 0.05) is 13.1 Å². The summed E-state index contributed by atoms with van der Waals surface area (Å²) < 4.78 is 0. The van der Waals surface area contributed by atoms with Gasteiger partial charge in [0.2, 0.25) is 0 Å². The molecule has 0 aromatic heterocycles. The first-order valence-electron chi connectivity index (χ1n) is 4.93. The van der Waals surface area contributed by atoms with E-state index < -0.39 is 0 Å². The van der Waals surface area contributed by atoms with Crippen molar-refractivity contribution < 1.29 is 5.11 Å². The number of hydrogen-bond donors (Lipinski definition) is 1. The summed E-state index contributed by atoms with van der Waals surface area (Å²) in [6.45, 7) is 2.10. The predicted molar refractivity (Wildman–Crippen MR) is 58.2 cm³/mol. The maximum atomic E-state index is 9.36. The molecule has 1 aromatic carbocycles. The maximum Gasteiger partial charge on any atom is 0.116 e. The van der Waals surface area contributed by atoms with E-state index in [2.05, 4.69) is 24.1 Å². The van der Waals surface area contributed by atoms with E-state index in [0.29, 0.717) is 5.75 Å². The van der Waals surface area contributed by atoms with Gasteiger partial charge in [-0.1, -0.05) is 18.2 Å². The van der Waals surface area contributed by atoms with Crippen LogP contribution in [0.3, 0.4) is 0 Å². The molecule has 0 bridgehead atoms. The molecule has 0 saturated heterocycles. The highest BCUT2D eigenvalue weighted by Crippen LogP contribution is 2.24. The van der Waals surface area contributed by atoms with E-state index in [9.17, 15) is 5.11 Å². The van der Waals surface area contributed by atoms with E-state index in [1.807, 2.05) is 12.1 Å². The number of nitrogens with zero attached hydrogens (tertiary/aromatic N) is 1. The Morgan fingerprint density at radius 1 is 1.36 bits per heavy atom. The maximum absolute atomic E-state index is 9.36. The van der Waals surface area contributed by atoms with Crippen LogP contribution in [0.1, 0.15) is 12.0 Å². The topological polar surface area (TPSA) is 23.5 Å². The molecule has 1 aliphatic rings. The van der Waals surface area contributed by atoms with Crippen LogP contribution in [-0.4, -0.2) is 30.1 Å². The Bertz CT molecular complexity index is 357. The highest BCUT2D eigenvalue weighted by molar-refractivity contribution is 5.67. The van der Waals surface area contributed by atoms with Gasteiger partial charge in [-0.2, -0.15) is 0 Å². The summed E-state index contributed by atoms with van der Waals surface area (Å²) in [6.07, 6.45) is 3.30. The smallest absolute Gasteiger partial charge is 0.116 e. The molecule has 2 heteroatoms. The Morgan fingerprint density at radius 2 is 2.21 bits per heavy atom. The second-order valence-electron chi connectivity index (χ2n) is 3.79. The summed E-state index contributed by atoms with van der Waals surface area (Å²) >= 11 is 0. The van der Waals surface area contributed by atoms with Crippen LogP contribution in [-0.2, 0) is 0 Å². The largest absolute Gasteiger partial charge is 0.508 e. The fourth-order valence-corrected chi connectivity index (χ4v) is 1.74. The molecular formula is C12H15NO. The first kappa shape index (κ1) is 9.28. The second kappa shape index (κ2) is 3.84. The molecule has 14 heavy (non-hydrogen) atoms. The lowest BCUT2D eigenvalue weighted by Gasteiger charge is -2.22. The number of rotatable bonds is 1. The number of benzene rings is 1. The van der Waals surface area contributed by atoms with Crippen LogP contribution in [0.4, 0.5) is 0 Å². The standard InChI is InChI=1S/C12H15NO/c1-13-7-5-10(6-8-13)11-3-2-4-12(14)9-11/h2-5,9,14H,6-8H2,1H3. The van der Waals surface area contributed by atoms with E-state index >= 15 is 0 Å². The lowest BCUT2D eigenvalue weighted by molar-refractivity contribution is 0.370. The van der Waals surface area contributed by atoms with Crippen LogP contribution in [0.2, 0.25) is 0 Å². The molecule has 2 rings (SSSR count). The second-order valence-corrected chi connectivity index (χ2v) is 3.79. The quantitative estimate of drug-likeness (QED) is 0.731. The minimum absolute atomic E-state index is 0.349. The van der Waals surface area contributed by atoms with Crippen LogP contribution in [0.5, 0.6) is 5.75 Å². The van der Waals surface area contributed by atoms with Gasteiger partial charge in [0.15, 0.2) is 0 Å². The van der Waals surface area contributed by atoms with E-state index in [1.54, 1.807) is 6.07 Å². The molecular weight excluding hydrogens is 174 g/mol. The first-order chi connectivity index (χ1) is 6.75. The third-order valence-corrected chi connectivity index (χ3v) is 2.63. The average Bonchev–Trinajstić information content (AvgIpc) is 2.19. The summed E-state index contributed by atoms with van der Waals surface area (Å²) in [5.74, 6) is 0.349. The molecule has 1 heterocycles. The monoisotopic (exact) mass is 189 g/mol. The van der Waals surface area contributed by atoms with Gasteiger partial charge in [0.1, 0.15) is 5.75 Å². The Hall–Kier alpha value is -1.28. The van der Waals surface area contributed by atoms with Gasteiger partial charge in [-0.05, 0) is 36.7 Å². The van der Waals surface area contributed by atoms with Gasteiger partial charge in [0.25, 0.3) is 0 Å². The van der Waals surface area contributed by atoms with E-state index in [4.69, 9.17) is 0 Å². The Labute approximate surface area is 84.5 Å². The molecule has 74 valence electrons. The van der Waals surface area contributed by atoms with Crippen molar-refractivity contribution >= 4 is 5.57 Å². The van der Waals surface area contributed by atoms with Gasteiger partial charge >= 0.3 is 0 Å². The molecule has 0 radical (unpaired) electrons. The van der Waals surface area contributed by atoms with E-state index in [0.717, 1.165) is 25.1 Å². The molecule has 0 saturated carbocycles. The number of phenolic OH excluding ortho intramolecular Hbond substituents is 1.